The second-order valence-corrected chi connectivity index (χ2v) is 6.20. The molecule has 0 saturated heterocycles. The molecule has 1 atom stereocenters. The second kappa shape index (κ2) is 6.91. The molecule has 2 aromatic carbocycles. The fourth-order valence-electron chi connectivity index (χ4n) is 2.26. The van der Waals surface area contributed by atoms with Crippen molar-refractivity contribution in [2.24, 2.45) is 5.73 Å². The van der Waals surface area contributed by atoms with E-state index in [0.717, 1.165) is 17.1 Å². The first-order chi connectivity index (χ1) is 9.54. The molecule has 3 heteroatoms. The SMILES string of the molecule is Cc1cc(C)cc(CSCC(N)c2ccc(F)cc2)c1. The summed E-state index contributed by atoms with van der Waals surface area (Å²) in [5.74, 6) is 1.57. The minimum atomic E-state index is -0.219. The number of nitrogens with two attached hydrogens (primary N) is 1. The number of hydrogen-bond donors (Lipinski definition) is 1. The summed E-state index contributed by atoms with van der Waals surface area (Å²) in [5.41, 5.74) is 11.0. The van der Waals surface area contributed by atoms with Gasteiger partial charge in [-0.25, -0.2) is 4.39 Å². The van der Waals surface area contributed by atoms with Crippen LogP contribution in [0, 0.1) is 19.7 Å². The number of thioether (sulfide) groups is 1. The number of benzene rings is 2. The zero-order chi connectivity index (χ0) is 14.5. The fourth-order valence-corrected chi connectivity index (χ4v) is 3.23. The standard InChI is InChI=1S/C17H20FNS/c1-12-7-13(2)9-14(8-12)10-20-11-17(19)15-3-5-16(18)6-4-15/h3-9,17H,10-11,19H2,1-2H3. The van der Waals surface area contributed by atoms with Crippen molar-refractivity contribution in [3.63, 3.8) is 0 Å². The molecule has 2 rings (SSSR count). The summed E-state index contributed by atoms with van der Waals surface area (Å²) >= 11 is 1.81. The lowest BCUT2D eigenvalue weighted by atomic mass is 10.1. The molecule has 0 aliphatic carbocycles. The average Bonchev–Trinajstić information content (AvgIpc) is 2.38. The van der Waals surface area contributed by atoms with E-state index in [0.29, 0.717) is 0 Å². The molecule has 0 aliphatic rings. The van der Waals surface area contributed by atoms with Crippen molar-refractivity contribution in [3.8, 4) is 0 Å². The van der Waals surface area contributed by atoms with Crippen LogP contribution in [0.3, 0.4) is 0 Å². The molecule has 1 unspecified atom stereocenters. The van der Waals surface area contributed by atoms with Gasteiger partial charge in [0.15, 0.2) is 0 Å². The Bertz CT molecular complexity index is 545. The Morgan fingerprint density at radius 1 is 1.05 bits per heavy atom. The van der Waals surface area contributed by atoms with Crippen molar-refractivity contribution in [2.45, 2.75) is 25.6 Å². The molecule has 0 spiro atoms. The highest BCUT2D eigenvalue weighted by atomic mass is 32.2. The maximum Gasteiger partial charge on any atom is 0.123 e. The van der Waals surface area contributed by atoms with Gasteiger partial charge in [-0.2, -0.15) is 11.8 Å². The Kier molecular flexibility index (Phi) is 5.21. The molecule has 0 heterocycles. The summed E-state index contributed by atoms with van der Waals surface area (Å²) in [6.07, 6.45) is 0. The minimum absolute atomic E-state index is 0.0495. The van der Waals surface area contributed by atoms with Crippen LogP contribution in [0.15, 0.2) is 42.5 Å². The van der Waals surface area contributed by atoms with E-state index >= 15 is 0 Å². The normalized spacial score (nSPS) is 12.4. The van der Waals surface area contributed by atoms with Crippen molar-refractivity contribution in [1.29, 1.82) is 0 Å². The number of hydrogen-bond acceptors (Lipinski definition) is 2. The Hall–Kier alpha value is -1.32. The third-order valence-corrected chi connectivity index (χ3v) is 4.28. The molecule has 1 nitrogen and oxygen atoms in total. The van der Waals surface area contributed by atoms with E-state index in [-0.39, 0.29) is 11.9 Å². The van der Waals surface area contributed by atoms with Gasteiger partial charge in [0.2, 0.25) is 0 Å². The van der Waals surface area contributed by atoms with Gasteiger partial charge in [-0.05, 0) is 37.1 Å². The third kappa shape index (κ3) is 4.36. The first kappa shape index (κ1) is 15.1. The first-order valence-corrected chi connectivity index (χ1v) is 7.86. The third-order valence-electron chi connectivity index (χ3n) is 3.15. The minimum Gasteiger partial charge on any atom is -0.323 e. The fraction of sp³-hybridized carbons (Fsp3) is 0.294. The van der Waals surface area contributed by atoms with E-state index in [2.05, 4.69) is 32.0 Å². The van der Waals surface area contributed by atoms with E-state index in [9.17, 15) is 4.39 Å². The Morgan fingerprint density at radius 3 is 2.25 bits per heavy atom. The van der Waals surface area contributed by atoms with E-state index in [4.69, 9.17) is 5.73 Å². The van der Waals surface area contributed by atoms with Gasteiger partial charge in [0, 0.05) is 17.5 Å². The smallest absolute Gasteiger partial charge is 0.123 e. The van der Waals surface area contributed by atoms with E-state index in [1.165, 1.54) is 28.8 Å². The predicted octanol–water partition coefficient (Wildman–Crippen LogP) is 4.38. The predicted molar refractivity (Wildman–Crippen MR) is 85.4 cm³/mol. The van der Waals surface area contributed by atoms with Crippen LogP contribution in [0.25, 0.3) is 0 Å². The summed E-state index contributed by atoms with van der Waals surface area (Å²) in [6, 6.07) is 13.0. The summed E-state index contributed by atoms with van der Waals surface area (Å²) in [7, 11) is 0. The van der Waals surface area contributed by atoms with Crippen molar-refractivity contribution in [2.75, 3.05) is 5.75 Å². The molecular weight excluding hydrogens is 269 g/mol. The molecule has 0 fully saturated rings. The molecule has 106 valence electrons. The topological polar surface area (TPSA) is 26.0 Å². The van der Waals surface area contributed by atoms with Gasteiger partial charge in [-0.3, -0.25) is 0 Å². The summed E-state index contributed by atoms with van der Waals surface area (Å²) in [6.45, 7) is 4.23. The molecule has 0 aromatic heterocycles. The van der Waals surface area contributed by atoms with Crippen molar-refractivity contribution in [1.82, 2.24) is 0 Å². The van der Waals surface area contributed by atoms with E-state index in [1.54, 1.807) is 12.1 Å². The van der Waals surface area contributed by atoms with Gasteiger partial charge in [0.25, 0.3) is 0 Å². The van der Waals surface area contributed by atoms with Crippen LogP contribution in [0.5, 0.6) is 0 Å². The van der Waals surface area contributed by atoms with Gasteiger partial charge in [-0.1, -0.05) is 41.5 Å². The summed E-state index contributed by atoms with van der Waals surface area (Å²) < 4.78 is 12.9. The molecule has 0 radical (unpaired) electrons. The Balaban J connectivity index is 1.87. The van der Waals surface area contributed by atoms with E-state index in [1.807, 2.05) is 11.8 Å². The van der Waals surface area contributed by atoms with Gasteiger partial charge < -0.3 is 5.73 Å². The van der Waals surface area contributed by atoms with E-state index < -0.39 is 0 Å². The number of aryl methyl sites for hydroxylation is 2. The van der Waals surface area contributed by atoms with Crippen molar-refractivity contribution < 1.29 is 4.39 Å². The lowest BCUT2D eigenvalue weighted by Crippen LogP contribution is -2.13. The summed E-state index contributed by atoms with van der Waals surface area (Å²) in [5, 5.41) is 0. The lowest BCUT2D eigenvalue weighted by Gasteiger charge is -2.12. The average molecular weight is 289 g/mol. The highest BCUT2D eigenvalue weighted by Crippen LogP contribution is 2.21. The van der Waals surface area contributed by atoms with Crippen LogP contribution in [-0.2, 0) is 5.75 Å². The molecule has 0 amide bonds. The number of halogens is 1. The monoisotopic (exact) mass is 289 g/mol. The maximum atomic E-state index is 12.9. The molecule has 2 N–H and O–H groups in total. The number of rotatable bonds is 5. The van der Waals surface area contributed by atoms with Crippen LogP contribution in [0.2, 0.25) is 0 Å². The Labute approximate surface area is 124 Å². The highest BCUT2D eigenvalue weighted by Gasteiger charge is 2.06. The van der Waals surface area contributed by atoms with Crippen molar-refractivity contribution >= 4 is 11.8 Å². The van der Waals surface area contributed by atoms with Gasteiger partial charge in [0.05, 0.1) is 0 Å². The second-order valence-electron chi connectivity index (χ2n) is 5.17. The molecular formula is C17H20FNS. The van der Waals surface area contributed by atoms with Gasteiger partial charge in [0.1, 0.15) is 5.82 Å². The molecule has 0 bridgehead atoms. The lowest BCUT2D eigenvalue weighted by molar-refractivity contribution is 0.626. The van der Waals surface area contributed by atoms with Crippen LogP contribution in [0.1, 0.15) is 28.3 Å². The molecule has 20 heavy (non-hydrogen) atoms. The molecule has 0 aliphatic heterocycles. The quantitative estimate of drug-likeness (QED) is 0.884. The zero-order valence-electron chi connectivity index (χ0n) is 11.9. The van der Waals surface area contributed by atoms with Crippen LogP contribution < -0.4 is 5.73 Å². The van der Waals surface area contributed by atoms with Crippen LogP contribution in [-0.4, -0.2) is 5.75 Å². The largest absolute Gasteiger partial charge is 0.323 e. The highest BCUT2D eigenvalue weighted by molar-refractivity contribution is 7.98. The molecule has 2 aromatic rings. The summed E-state index contributed by atoms with van der Waals surface area (Å²) in [4.78, 5) is 0. The zero-order valence-corrected chi connectivity index (χ0v) is 12.7. The van der Waals surface area contributed by atoms with Gasteiger partial charge >= 0.3 is 0 Å². The van der Waals surface area contributed by atoms with Crippen molar-refractivity contribution in [3.05, 3.63) is 70.5 Å². The molecule has 0 saturated carbocycles. The first-order valence-electron chi connectivity index (χ1n) is 6.70. The van der Waals surface area contributed by atoms with Crippen LogP contribution in [0.4, 0.5) is 4.39 Å². The Morgan fingerprint density at radius 2 is 1.65 bits per heavy atom. The maximum absolute atomic E-state index is 12.9. The van der Waals surface area contributed by atoms with Crippen LogP contribution >= 0.6 is 11.8 Å². The van der Waals surface area contributed by atoms with Gasteiger partial charge in [-0.15, -0.1) is 0 Å².